The highest BCUT2D eigenvalue weighted by atomic mass is 16.1. The van der Waals surface area contributed by atoms with E-state index in [-0.39, 0.29) is 5.91 Å². The molecule has 0 aromatic heterocycles. The molecule has 1 N–H and O–H groups in total. The monoisotopic (exact) mass is 189 g/mol. The number of hydrogen-bond donors (Lipinski definition) is 1. The summed E-state index contributed by atoms with van der Waals surface area (Å²) in [6.07, 6.45) is 2.66. The largest absolute Gasteiger partial charge is 0.349 e. The molecule has 0 atom stereocenters. The van der Waals surface area contributed by atoms with Gasteiger partial charge in [0.05, 0.1) is 0 Å². The normalized spacial score (nSPS) is 9.50. The second-order valence-electron chi connectivity index (χ2n) is 3.05. The maximum absolute atomic E-state index is 11.4. The molecule has 2 heteroatoms. The van der Waals surface area contributed by atoms with Crippen molar-refractivity contribution in [3.05, 3.63) is 48.0 Å². The van der Waals surface area contributed by atoms with E-state index >= 15 is 0 Å². The molecule has 0 unspecified atom stereocenters. The molecule has 1 amide bonds. The van der Waals surface area contributed by atoms with Crippen molar-refractivity contribution in [1.82, 2.24) is 5.32 Å². The van der Waals surface area contributed by atoms with Gasteiger partial charge in [-0.05, 0) is 24.1 Å². The summed E-state index contributed by atoms with van der Waals surface area (Å²) in [5.74, 6) is -0.0486. The fraction of sp³-hybridized carbons (Fsp3) is 0.250. The van der Waals surface area contributed by atoms with Crippen molar-refractivity contribution >= 4 is 5.91 Å². The third-order valence-corrected chi connectivity index (χ3v) is 2.03. The summed E-state index contributed by atoms with van der Waals surface area (Å²) in [7, 11) is 0. The molecule has 0 spiro atoms. The van der Waals surface area contributed by atoms with Gasteiger partial charge in [0, 0.05) is 12.1 Å². The van der Waals surface area contributed by atoms with Crippen LogP contribution in [-0.2, 0) is 6.42 Å². The molecule has 0 heterocycles. The maximum Gasteiger partial charge on any atom is 0.251 e. The van der Waals surface area contributed by atoms with Crippen molar-refractivity contribution in [3.8, 4) is 0 Å². The molecule has 0 radical (unpaired) electrons. The number of amides is 1. The van der Waals surface area contributed by atoms with E-state index in [4.69, 9.17) is 0 Å². The fourth-order valence-electron chi connectivity index (χ4n) is 1.16. The van der Waals surface area contributed by atoms with Crippen molar-refractivity contribution in [2.24, 2.45) is 0 Å². The number of rotatable bonds is 4. The first-order chi connectivity index (χ1) is 6.77. The lowest BCUT2D eigenvalue weighted by Crippen LogP contribution is -2.22. The number of hydrogen-bond acceptors (Lipinski definition) is 1. The van der Waals surface area contributed by atoms with E-state index in [2.05, 4.69) is 18.8 Å². The number of benzene rings is 1. The first kappa shape index (κ1) is 10.5. The molecular formula is C12H15NO. The molecule has 0 saturated carbocycles. The van der Waals surface area contributed by atoms with E-state index < -0.39 is 0 Å². The molecule has 0 aliphatic carbocycles. The molecule has 1 aromatic carbocycles. The van der Waals surface area contributed by atoms with Gasteiger partial charge in [0.2, 0.25) is 0 Å². The van der Waals surface area contributed by atoms with E-state index in [1.807, 2.05) is 24.3 Å². The van der Waals surface area contributed by atoms with Crippen LogP contribution < -0.4 is 5.32 Å². The number of carbonyl (C=O) groups is 1. The van der Waals surface area contributed by atoms with Crippen LogP contribution >= 0.6 is 0 Å². The van der Waals surface area contributed by atoms with Crippen LogP contribution in [0.5, 0.6) is 0 Å². The maximum atomic E-state index is 11.4. The van der Waals surface area contributed by atoms with Crippen molar-refractivity contribution < 1.29 is 4.79 Å². The molecule has 1 aromatic rings. The third kappa shape index (κ3) is 2.73. The molecular weight excluding hydrogens is 174 g/mol. The highest BCUT2D eigenvalue weighted by Gasteiger charge is 2.02. The van der Waals surface area contributed by atoms with Gasteiger partial charge < -0.3 is 5.32 Å². The van der Waals surface area contributed by atoms with Crippen LogP contribution in [0.4, 0.5) is 0 Å². The van der Waals surface area contributed by atoms with Crippen LogP contribution in [-0.4, -0.2) is 12.5 Å². The highest BCUT2D eigenvalue weighted by molar-refractivity contribution is 5.94. The first-order valence-corrected chi connectivity index (χ1v) is 4.76. The second kappa shape index (κ2) is 5.22. The second-order valence-corrected chi connectivity index (χ2v) is 3.05. The Hall–Kier alpha value is -1.57. The summed E-state index contributed by atoms with van der Waals surface area (Å²) in [4.78, 5) is 11.4. The predicted octanol–water partition coefficient (Wildman–Crippen LogP) is 2.16. The summed E-state index contributed by atoms with van der Waals surface area (Å²) in [5, 5.41) is 2.73. The van der Waals surface area contributed by atoms with Crippen LogP contribution in [0.3, 0.4) is 0 Å². The van der Waals surface area contributed by atoms with Crippen LogP contribution in [0, 0.1) is 0 Å². The van der Waals surface area contributed by atoms with E-state index in [1.54, 1.807) is 6.08 Å². The minimum atomic E-state index is -0.0486. The van der Waals surface area contributed by atoms with Crippen molar-refractivity contribution in [2.45, 2.75) is 13.3 Å². The van der Waals surface area contributed by atoms with Gasteiger partial charge in [-0.25, -0.2) is 0 Å². The minimum absolute atomic E-state index is 0.0486. The minimum Gasteiger partial charge on any atom is -0.349 e. The highest BCUT2D eigenvalue weighted by Crippen LogP contribution is 2.04. The Balaban J connectivity index is 2.66. The first-order valence-electron chi connectivity index (χ1n) is 4.76. The lowest BCUT2D eigenvalue weighted by molar-refractivity contribution is 0.0958. The van der Waals surface area contributed by atoms with Gasteiger partial charge >= 0.3 is 0 Å². The van der Waals surface area contributed by atoms with Gasteiger partial charge in [-0.1, -0.05) is 25.1 Å². The van der Waals surface area contributed by atoms with Crippen LogP contribution in [0.2, 0.25) is 0 Å². The summed E-state index contributed by atoms with van der Waals surface area (Å²) in [6, 6.07) is 7.64. The van der Waals surface area contributed by atoms with Crippen LogP contribution in [0.25, 0.3) is 0 Å². The molecule has 0 saturated heterocycles. The van der Waals surface area contributed by atoms with Crippen molar-refractivity contribution in [3.63, 3.8) is 0 Å². The van der Waals surface area contributed by atoms with Gasteiger partial charge in [0.15, 0.2) is 0 Å². The summed E-state index contributed by atoms with van der Waals surface area (Å²) >= 11 is 0. The molecule has 1 rings (SSSR count). The van der Waals surface area contributed by atoms with E-state index in [9.17, 15) is 4.79 Å². The third-order valence-electron chi connectivity index (χ3n) is 2.03. The molecule has 0 aliphatic heterocycles. The number of nitrogens with one attached hydrogen (secondary N) is 1. The molecule has 14 heavy (non-hydrogen) atoms. The Kier molecular flexibility index (Phi) is 3.92. The molecule has 0 bridgehead atoms. The standard InChI is InChI=1S/C12H15NO/c1-3-9-13-12(14)11-7-5-10(4-2)6-8-11/h3,5-8H,1,4,9H2,2H3,(H,13,14). The van der Waals surface area contributed by atoms with E-state index in [1.165, 1.54) is 5.56 Å². The average Bonchev–Trinajstić information content (AvgIpc) is 2.26. The van der Waals surface area contributed by atoms with E-state index in [0.717, 1.165) is 6.42 Å². The predicted molar refractivity (Wildman–Crippen MR) is 58.4 cm³/mol. The molecule has 0 aliphatic rings. The van der Waals surface area contributed by atoms with Gasteiger partial charge in [0.25, 0.3) is 5.91 Å². The Morgan fingerprint density at radius 3 is 2.57 bits per heavy atom. The van der Waals surface area contributed by atoms with Crippen LogP contribution in [0.1, 0.15) is 22.8 Å². The summed E-state index contributed by atoms with van der Waals surface area (Å²) in [6.45, 7) is 6.14. The van der Waals surface area contributed by atoms with Gasteiger partial charge in [-0.2, -0.15) is 0 Å². The zero-order chi connectivity index (χ0) is 10.4. The Labute approximate surface area is 84.6 Å². The van der Waals surface area contributed by atoms with Gasteiger partial charge in [-0.15, -0.1) is 6.58 Å². The fourth-order valence-corrected chi connectivity index (χ4v) is 1.16. The van der Waals surface area contributed by atoms with Crippen molar-refractivity contribution in [1.29, 1.82) is 0 Å². The Bertz CT molecular complexity index is 314. The Morgan fingerprint density at radius 2 is 2.07 bits per heavy atom. The van der Waals surface area contributed by atoms with Gasteiger partial charge in [-0.3, -0.25) is 4.79 Å². The van der Waals surface area contributed by atoms with Crippen LogP contribution in [0.15, 0.2) is 36.9 Å². The van der Waals surface area contributed by atoms with Crippen molar-refractivity contribution in [2.75, 3.05) is 6.54 Å². The lowest BCUT2D eigenvalue weighted by Gasteiger charge is -2.02. The topological polar surface area (TPSA) is 29.1 Å². The lowest BCUT2D eigenvalue weighted by atomic mass is 10.1. The Morgan fingerprint density at radius 1 is 1.43 bits per heavy atom. The van der Waals surface area contributed by atoms with E-state index in [0.29, 0.717) is 12.1 Å². The quantitative estimate of drug-likeness (QED) is 0.722. The average molecular weight is 189 g/mol. The molecule has 2 nitrogen and oxygen atoms in total. The number of carbonyl (C=O) groups excluding carboxylic acids is 1. The summed E-state index contributed by atoms with van der Waals surface area (Å²) in [5.41, 5.74) is 1.94. The number of aryl methyl sites for hydroxylation is 1. The molecule has 0 fully saturated rings. The molecule has 74 valence electrons. The SMILES string of the molecule is C=CCNC(=O)c1ccc(CC)cc1. The van der Waals surface area contributed by atoms with Gasteiger partial charge in [0.1, 0.15) is 0 Å². The zero-order valence-electron chi connectivity index (χ0n) is 8.42. The smallest absolute Gasteiger partial charge is 0.251 e. The zero-order valence-corrected chi connectivity index (χ0v) is 8.42. The summed E-state index contributed by atoms with van der Waals surface area (Å²) < 4.78 is 0.